The van der Waals surface area contributed by atoms with Gasteiger partial charge in [0.2, 0.25) is 5.91 Å². The molecule has 21 heavy (non-hydrogen) atoms. The lowest BCUT2D eigenvalue weighted by molar-refractivity contribution is -0.383. The Labute approximate surface area is 123 Å². The first-order chi connectivity index (χ1) is 10.0. The Morgan fingerprint density at radius 1 is 1.38 bits per heavy atom. The lowest BCUT2D eigenvalue weighted by atomic mass is 9.80. The second-order valence-corrected chi connectivity index (χ2v) is 5.96. The van der Waals surface area contributed by atoms with E-state index in [9.17, 15) is 14.9 Å². The molecule has 2 aliphatic rings. The van der Waals surface area contributed by atoms with Crippen LogP contribution in [0.2, 0.25) is 0 Å². The van der Waals surface area contributed by atoms with E-state index in [0.29, 0.717) is 30.1 Å². The number of nitro benzene ring substituents is 1. The molecule has 0 aromatic heterocycles. The monoisotopic (exact) mass is 289 g/mol. The van der Waals surface area contributed by atoms with Crippen molar-refractivity contribution in [2.75, 3.05) is 10.6 Å². The number of anilines is 2. The number of amides is 1. The molecule has 6 heteroatoms. The Hall–Kier alpha value is -2.11. The third-order valence-corrected chi connectivity index (χ3v) is 4.55. The third kappa shape index (κ3) is 2.70. The molecule has 0 bridgehead atoms. The molecule has 1 saturated carbocycles. The van der Waals surface area contributed by atoms with Gasteiger partial charge in [0.25, 0.3) is 5.69 Å². The second kappa shape index (κ2) is 5.35. The lowest BCUT2D eigenvalue weighted by Crippen LogP contribution is -2.31. The van der Waals surface area contributed by atoms with Gasteiger partial charge in [0.15, 0.2) is 0 Å². The van der Waals surface area contributed by atoms with E-state index in [-0.39, 0.29) is 17.6 Å². The molecule has 1 aromatic carbocycles. The topological polar surface area (TPSA) is 84.3 Å². The van der Waals surface area contributed by atoms with Crippen LogP contribution in [0, 0.1) is 16.0 Å². The van der Waals surface area contributed by atoms with Gasteiger partial charge in [-0.3, -0.25) is 14.9 Å². The number of nitrogens with one attached hydrogen (secondary N) is 2. The summed E-state index contributed by atoms with van der Waals surface area (Å²) in [5, 5.41) is 17.3. The number of aryl methyl sites for hydroxylation is 1. The number of hydrogen-bond acceptors (Lipinski definition) is 4. The van der Waals surface area contributed by atoms with Crippen molar-refractivity contribution in [3.63, 3.8) is 0 Å². The Morgan fingerprint density at radius 2 is 2.14 bits per heavy atom. The number of hydrogen-bond donors (Lipinski definition) is 2. The van der Waals surface area contributed by atoms with Gasteiger partial charge in [-0.05, 0) is 43.7 Å². The first-order valence-corrected chi connectivity index (χ1v) is 7.42. The van der Waals surface area contributed by atoms with E-state index in [1.165, 1.54) is 25.3 Å². The van der Waals surface area contributed by atoms with Crippen LogP contribution in [0.3, 0.4) is 0 Å². The number of fused-ring (bicyclic) bond motifs is 1. The number of nitro groups is 1. The zero-order valence-corrected chi connectivity index (χ0v) is 12.0. The Bertz CT molecular complexity index is 596. The molecule has 3 rings (SSSR count). The molecule has 1 aromatic rings. The highest BCUT2D eigenvalue weighted by Crippen LogP contribution is 2.37. The number of rotatable bonds is 4. The molecule has 1 atom stereocenters. The van der Waals surface area contributed by atoms with E-state index in [2.05, 4.69) is 17.6 Å². The number of carbonyl (C=O) groups is 1. The SMILES string of the molecule is CC(Nc1cc2c(cc1[N+](=O)[O-])NC(=O)CC2)C1CCC1. The number of carbonyl (C=O) groups excluding carboxylic acids is 1. The smallest absolute Gasteiger partial charge is 0.294 e. The van der Waals surface area contributed by atoms with Gasteiger partial charge in [0.1, 0.15) is 5.69 Å². The van der Waals surface area contributed by atoms with Gasteiger partial charge in [-0.2, -0.15) is 0 Å². The Morgan fingerprint density at radius 3 is 2.76 bits per heavy atom. The number of benzene rings is 1. The zero-order chi connectivity index (χ0) is 15.0. The van der Waals surface area contributed by atoms with Crippen molar-refractivity contribution >= 4 is 23.0 Å². The predicted molar refractivity (Wildman–Crippen MR) is 80.5 cm³/mol. The van der Waals surface area contributed by atoms with Gasteiger partial charge >= 0.3 is 0 Å². The minimum absolute atomic E-state index is 0.0297. The normalized spacial score (nSPS) is 19.2. The molecule has 1 aliphatic carbocycles. The molecule has 1 unspecified atom stereocenters. The predicted octanol–water partition coefficient (Wildman–Crippen LogP) is 3.08. The highest BCUT2D eigenvalue weighted by Gasteiger charge is 2.27. The van der Waals surface area contributed by atoms with Crippen molar-refractivity contribution in [2.24, 2.45) is 5.92 Å². The minimum Gasteiger partial charge on any atom is -0.377 e. The fraction of sp³-hybridized carbons (Fsp3) is 0.533. The summed E-state index contributed by atoms with van der Waals surface area (Å²) in [6.45, 7) is 2.08. The van der Waals surface area contributed by atoms with E-state index in [4.69, 9.17) is 0 Å². The van der Waals surface area contributed by atoms with Crippen LogP contribution in [0.4, 0.5) is 17.1 Å². The minimum atomic E-state index is -0.392. The van der Waals surface area contributed by atoms with Crippen molar-refractivity contribution in [1.82, 2.24) is 0 Å². The molecule has 1 heterocycles. The average Bonchev–Trinajstić information content (AvgIpc) is 2.35. The molecular weight excluding hydrogens is 270 g/mol. The summed E-state index contributed by atoms with van der Waals surface area (Å²) in [6.07, 6.45) is 4.68. The van der Waals surface area contributed by atoms with Crippen LogP contribution in [0.5, 0.6) is 0 Å². The lowest BCUT2D eigenvalue weighted by Gasteiger charge is -2.32. The summed E-state index contributed by atoms with van der Waals surface area (Å²) in [4.78, 5) is 22.3. The molecule has 1 fully saturated rings. The highest BCUT2D eigenvalue weighted by molar-refractivity contribution is 5.95. The van der Waals surface area contributed by atoms with E-state index in [1.807, 2.05) is 6.07 Å². The maximum atomic E-state index is 11.4. The molecular formula is C15H19N3O3. The van der Waals surface area contributed by atoms with Gasteiger partial charge < -0.3 is 10.6 Å². The maximum absolute atomic E-state index is 11.4. The van der Waals surface area contributed by atoms with Crippen LogP contribution >= 0.6 is 0 Å². The quantitative estimate of drug-likeness (QED) is 0.659. The van der Waals surface area contributed by atoms with Crippen molar-refractivity contribution in [2.45, 2.75) is 45.1 Å². The molecule has 6 nitrogen and oxygen atoms in total. The molecule has 0 radical (unpaired) electrons. The third-order valence-electron chi connectivity index (χ3n) is 4.55. The van der Waals surface area contributed by atoms with E-state index >= 15 is 0 Å². The van der Waals surface area contributed by atoms with Crippen molar-refractivity contribution in [1.29, 1.82) is 0 Å². The molecule has 1 aliphatic heterocycles. The summed E-state index contributed by atoms with van der Waals surface area (Å²) >= 11 is 0. The first kappa shape index (κ1) is 13.9. The van der Waals surface area contributed by atoms with Gasteiger partial charge in [0.05, 0.1) is 10.6 Å². The van der Waals surface area contributed by atoms with Gasteiger partial charge in [-0.1, -0.05) is 6.42 Å². The van der Waals surface area contributed by atoms with Crippen LogP contribution in [0.1, 0.15) is 38.2 Å². The molecule has 0 saturated heterocycles. The van der Waals surface area contributed by atoms with Gasteiger partial charge in [0, 0.05) is 18.5 Å². The fourth-order valence-corrected chi connectivity index (χ4v) is 2.99. The summed E-state index contributed by atoms with van der Waals surface area (Å²) in [6, 6.07) is 3.53. The largest absolute Gasteiger partial charge is 0.377 e. The highest BCUT2D eigenvalue weighted by atomic mass is 16.6. The van der Waals surface area contributed by atoms with Crippen LogP contribution in [0.25, 0.3) is 0 Å². The fourth-order valence-electron chi connectivity index (χ4n) is 2.99. The summed E-state index contributed by atoms with van der Waals surface area (Å²) in [5.41, 5.74) is 2.12. The molecule has 0 spiro atoms. The Kier molecular flexibility index (Phi) is 3.53. The summed E-state index contributed by atoms with van der Waals surface area (Å²) in [7, 11) is 0. The van der Waals surface area contributed by atoms with Crippen molar-refractivity contribution in [3.05, 3.63) is 27.8 Å². The van der Waals surface area contributed by atoms with Gasteiger partial charge in [-0.15, -0.1) is 0 Å². The summed E-state index contributed by atoms with van der Waals surface area (Å²) in [5.74, 6) is 0.515. The van der Waals surface area contributed by atoms with Crippen LogP contribution < -0.4 is 10.6 Å². The summed E-state index contributed by atoms with van der Waals surface area (Å²) < 4.78 is 0. The molecule has 112 valence electrons. The number of nitrogens with zero attached hydrogens (tertiary/aromatic N) is 1. The van der Waals surface area contributed by atoms with Crippen LogP contribution in [-0.4, -0.2) is 16.9 Å². The van der Waals surface area contributed by atoms with Crippen LogP contribution in [-0.2, 0) is 11.2 Å². The molecule has 2 N–H and O–H groups in total. The first-order valence-electron chi connectivity index (χ1n) is 7.42. The van der Waals surface area contributed by atoms with Gasteiger partial charge in [-0.25, -0.2) is 0 Å². The Balaban J connectivity index is 1.90. The standard InChI is InChI=1S/C15H19N3O3/c1-9(10-3-2-4-10)16-13-7-11-5-6-15(19)17-12(11)8-14(13)18(20)21/h7-10,16H,2-6H2,1H3,(H,17,19). The average molecular weight is 289 g/mol. The van der Waals surface area contributed by atoms with E-state index in [0.717, 1.165) is 5.56 Å². The van der Waals surface area contributed by atoms with E-state index in [1.54, 1.807) is 0 Å². The van der Waals surface area contributed by atoms with Crippen LogP contribution in [0.15, 0.2) is 12.1 Å². The second-order valence-electron chi connectivity index (χ2n) is 5.96. The maximum Gasteiger partial charge on any atom is 0.294 e. The molecule has 1 amide bonds. The van der Waals surface area contributed by atoms with Crippen molar-refractivity contribution in [3.8, 4) is 0 Å². The zero-order valence-electron chi connectivity index (χ0n) is 12.0. The van der Waals surface area contributed by atoms with E-state index < -0.39 is 4.92 Å². The van der Waals surface area contributed by atoms with Crippen molar-refractivity contribution < 1.29 is 9.72 Å².